The fourth-order valence-corrected chi connectivity index (χ4v) is 4.16. The molecule has 0 saturated carbocycles. The smallest absolute Gasteiger partial charge is 0.258 e. The van der Waals surface area contributed by atoms with Crippen LogP contribution in [0.25, 0.3) is 0 Å². The second-order valence-electron chi connectivity index (χ2n) is 7.88. The number of piperidine rings is 1. The van der Waals surface area contributed by atoms with E-state index in [-0.39, 0.29) is 17.8 Å². The zero-order valence-corrected chi connectivity index (χ0v) is 17.7. The fourth-order valence-electron chi connectivity index (χ4n) is 4.16. The molecule has 0 N–H and O–H groups in total. The minimum atomic E-state index is -0.348. The molecule has 0 atom stereocenters. The van der Waals surface area contributed by atoms with Gasteiger partial charge in [0.05, 0.1) is 7.11 Å². The molecule has 4 nitrogen and oxygen atoms in total. The van der Waals surface area contributed by atoms with Crippen LogP contribution in [0.5, 0.6) is 5.75 Å². The van der Waals surface area contributed by atoms with Crippen molar-refractivity contribution in [1.29, 1.82) is 0 Å². The minimum Gasteiger partial charge on any atom is -0.497 e. The second-order valence-corrected chi connectivity index (χ2v) is 7.88. The Kier molecular flexibility index (Phi) is 6.63. The largest absolute Gasteiger partial charge is 0.497 e. The van der Waals surface area contributed by atoms with Gasteiger partial charge in [-0.15, -0.1) is 0 Å². The summed E-state index contributed by atoms with van der Waals surface area (Å²) in [5, 5.41) is 0. The monoisotopic (exact) mass is 418 g/mol. The highest BCUT2D eigenvalue weighted by Crippen LogP contribution is 2.29. The Balaban J connectivity index is 1.54. The van der Waals surface area contributed by atoms with Crippen LogP contribution in [0.2, 0.25) is 0 Å². The summed E-state index contributed by atoms with van der Waals surface area (Å²) in [7, 11) is 1.62. The molecule has 3 aromatic rings. The number of likely N-dealkylation sites (tertiary alicyclic amines) is 1. The van der Waals surface area contributed by atoms with Gasteiger partial charge in [0, 0.05) is 43.0 Å². The summed E-state index contributed by atoms with van der Waals surface area (Å²) in [5.74, 6) is 0.240. The fraction of sp³-hybridized carbons (Fsp3) is 0.269. The van der Waals surface area contributed by atoms with Crippen molar-refractivity contribution in [2.45, 2.75) is 25.4 Å². The summed E-state index contributed by atoms with van der Waals surface area (Å²) >= 11 is 0. The van der Waals surface area contributed by atoms with Crippen molar-refractivity contribution in [3.05, 3.63) is 95.8 Å². The highest BCUT2D eigenvalue weighted by Gasteiger charge is 2.30. The predicted octanol–water partition coefficient (Wildman–Crippen LogP) is 5.15. The summed E-state index contributed by atoms with van der Waals surface area (Å²) in [5.41, 5.74) is 2.58. The summed E-state index contributed by atoms with van der Waals surface area (Å²) in [4.78, 5) is 17.8. The van der Waals surface area contributed by atoms with Crippen molar-refractivity contribution in [3.63, 3.8) is 0 Å². The Morgan fingerprint density at radius 2 is 1.71 bits per heavy atom. The maximum Gasteiger partial charge on any atom is 0.258 e. The number of halogens is 1. The number of ether oxygens (including phenoxy) is 1. The predicted molar refractivity (Wildman–Crippen MR) is 121 cm³/mol. The van der Waals surface area contributed by atoms with E-state index in [1.807, 2.05) is 35.2 Å². The summed E-state index contributed by atoms with van der Waals surface area (Å²) in [6.07, 6.45) is 1.74. The Labute approximate surface area is 182 Å². The van der Waals surface area contributed by atoms with Crippen molar-refractivity contribution in [2.75, 3.05) is 25.1 Å². The maximum atomic E-state index is 13.5. The molecule has 0 radical (unpaired) electrons. The SMILES string of the molecule is COc1cccc(N(C(=O)c2ccc(F)cc2)C2CCN(Cc3ccccc3)CC2)c1. The molecule has 1 aliphatic rings. The third kappa shape index (κ3) is 5.12. The maximum absolute atomic E-state index is 13.5. The van der Waals surface area contributed by atoms with Gasteiger partial charge in [-0.3, -0.25) is 9.69 Å². The number of benzene rings is 3. The lowest BCUT2D eigenvalue weighted by Crippen LogP contribution is -2.47. The minimum absolute atomic E-state index is 0.0664. The Bertz CT molecular complexity index is 999. The van der Waals surface area contributed by atoms with Crippen LogP contribution in [0.4, 0.5) is 10.1 Å². The number of methoxy groups -OCH3 is 1. The van der Waals surface area contributed by atoms with E-state index in [1.54, 1.807) is 19.2 Å². The second kappa shape index (κ2) is 9.75. The lowest BCUT2D eigenvalue weighted by Gasteiger charge is -2.38. The van der Waals surface area contributed by atoms with Crippen LogP contribution >= 0.6 is 0 Å². The third-order valence-electron chi connectivity index (χ3n) is 5.81. The molecular formula is C26H27FN2O2. The molecule has 31 heavy (non-hydrogen) atoms. The van der Waals surface area contributed by atoms with Crippen LogP contribution < -0.4 is 9.64 Å². The van der Waals surface area contributed by atoms with Crippen molar-refractivity contribution >= 4 is 11.6 Å². The number of carbonyl (C=O) groups excluding carboxylic acids is 1. The Morgan fingerprint density at radius 3 is 2.39 bits per heavy atom. The molecule has 0 aromatic heterocycles. The van der Waals surface area contributed by atoms with E-state index in [0.29, 0.717) is 11.3 Å². The van der Waals surface area contributed by atoms with Gasteiger partial charge >= 0.3 is 0 Å². The van der Waals surface area contributed by atoms with Gasteiger partial charge in [0.2, 0.25) is 0 Å². The Morgan fingerprint density at radius 1 is 1.00 bits per heavy atom. The van der Waals surface area contributed by atoms with E-state index >= 15 is 0 Å². The average molecular weight is 419 g/mol. The number of rotatable bonds is 6. The first-order valence-corrected chi connectivity index (χ1v) is 10.6. The normalized spacial score (nSPS) is 14.9. The van der Waals surface area contributed by atoms with Gasteiger partial charge in [-0.2, -0.15) is 0 Å². The molecule has 0 spiro atoms. The zero-order valence-electron chi connectivity index (χ0n) is 17.7. The molecule has 3 aromatic carbocycles. The summed E-state index contributed by atoms with van der Waals surface area (Å²) < 4.78 is 18.8. The molecule has 1 aliphatic heterocycles. The molecule has 5 heteroatoms. The van der Waals surface area contributed by atoms with E-state index in [2.05, 4.69) is 29.2 Å². The van der Waals surface area contributed by atoms with Crippen molar-refractivity contribution in [2.24, 2.45) is 0 Å². The number of nitrogens with zero attached hydrogens (tertiary/aromatic N) is 2. The van der Waals surface area contributed by atoms with E-state index < -0.39 is 0 Å². The first kappa shape index (κ1) is 21.1. The van der Waals surface area contributed by atoms with Crippen LogP contribution in [0.1, 0.15) is 28.8 Å². The van der Waals surface area contributed by atoms with Crippen LogP contribution in [0.15, 0.2) is 78.9 Å². The first-order chi connectivity index (χ1) is 15.1. The van der Waals surface area contributed by atoms with Crippen LogP contribution in [-0.2, 0) is 6.54 Å². The molecule has 0 aliphatic carbocycles. The quantitative estimate of drug-likeness (QED) is 0.555. The number of carbonyl (C=O) groups is 1. The van der Waals surface area contributed by atoms with Gasteiger partial charge in [0.15, 0.2) is 0 Å². The number of hydrogen-bond acceptors (Lipinski definition) is 3. The molecule has 0 bridgehead atoms. The number of hydrogen-bond donors (Lipinski definition) is 0. The van der Waals surface area contributed by atoms with Crippen LogP contribution in [0.3, 0.4) is 0 Å². The highest BCUT2D eigenvalue weighted by molar-refractivity contribution is 6.06. The van der Waals surface area contributed by atoms with Crippen LogP contribution in [0, 0.1) is 5.82 Å². The van der Waals surface area contributed by atoms with Crippen molar-refractivity contribution in [3.8, 4) is 5.75 Å². The molecule has 0 unspecified atom stereocenters. The molecule has 1 saturated heterocycles. The van der Waals surface area contributed by atoms with Gasteiger partial charge in [-0.25, -0.2) is 4.39 Å². The summed E-state index contributed by atoms with van der Waals surface area (Å²) in [6, 6.07) is 23.9. The number of amides is 1. The third-order valence-corrected chi connectivity index (χ3v) is 5.81. The molecule has 1 heterocycles. The molecular weight excluding hydrogens is 391 g/mol. The molecule has 4 rings (SSSR count). The van der Waals surface area contributed by atoms with Gasteiger partial charge in [0.25, 0.3) is 5.91 Å². The van der Waals surface area contributed by atoms with E-state index in [0.717, 1.165) is 38.2 Å². The van der Waals surface area contributed by atoms with Crippen molar-refractivity contribution < 1.29 is 13.9 Å². The topological polar surface area (TPSA) is 32.8 Å². The standard InChI is InChI=1S/C26H27FN2O2/c1-31-25-9-5-8-24(18-25)29(26(30)21-10-12-22(27)13-11-21)23-14-16-28(17-15-23)19-20-6-3-2-4-7-20/h2-13,18,23H,14-17,19H2,1H3. The molecule has 160 valence electrons. The van der Waals surface area contributed by atoms with E-state index in [4.69, 9.17) is 4.74 Å². The molecule has 1 fully saturated rings. The van der Waals surface area contributed by atoms with Crippen LogP contribution in [-0.4, -0.2) is 37.0 Å². The lowest BCUT2D eigenvalue weighted by molar-refractivity contribution is 0.0958. The van der Waals surface area contributed by atoms with E-state index in [1.165, 1.54) is 17.7 Å². The van der Waals surface area contributed by atoms with Crippen molar-refractivity contribution in [1.82, 2.24) is 4.90 Å². The lowest BCUT2D eigenvalue weighted by atomic mass is 10.00. The van der Waals surface area contributed by atoms with E-state index in [9.17, 15) is 9.18 Å². The zero-order chi connectivity index (χ0) is 21.6. The van der Waals surface area contributed by atoms with Gasteiger partial charge in [-0.05, 0) is 54.8 Å². The first-order valence-electron chi connectivity index (χ1n) is 10.6. The number of anilines is 1. The molecule has 1 amide bonds. The Hall–Kier alpha value is -3.18. The van der Waals surface area contributed by atoms with Gasteiger partial charge in [-0.1, -0.05) is 36.4 Å². The highest BCUT2D eigenvalue weighted by atomic mass is 19.1. The average Bonchev–Trinajstić information content (AvgIpc) is 2.81. The van der Waals surface area contributed by atoms with Gasteiger partial charge < -0.3 is 9.64 Å². The summed E-state index contributed by atoms with van der Waals surface area (Å²) in [6.45, 7) is 2.74. The van der Waals surface area contributed by atoms with Gasteiger partial charge in [0.1, 0.15) is 11.6 Å².